The van der Waals surface area contributed by atoms with Crippen LogP contribution in [0.1, 0.15) is 55.7 Å². The molecule has 1 aromatic carbocycles. The summed E-state index contributed by atoms with van der Waals surface area (Å²) in [7, 11) is 0. The molecule has 4 atom stereocenters. The molecule has 0 aliphatic heterocycles. The highest BCUT2D eigenvalue weighted by atomic mass is 19.1. The normalized spacial score (nSPS) is 27.2. The van der Waals surface area contributed by atoms with Crippen molar-refractivity contribution >= 4 is 22.5 Å². The van der Waals surface area contributed by atoms with Crippen molar-refractivity contribution in [1.82, 2.24) is 9.97 Å². The Hall–Kier alpha value is -3.26. The molecule has 2 aromatic heterocycles. The van der Waals surface area contributed by atoms with Gasteiger partial charge in [0.25, 0.3) is 0 Å². The number of terminal acetylenes is 1. The first kappa shape index (κ1) is 20.4. The third-order valence-corrected chi connectivity index (χ3v) is 8.38. The van der Waals surface area contributed by atoms with Crippen molar-refractivity contribution in [2.24, 2.45) is 23.2 Å². The lowest BCUT2D eigenvalue weighted by Gasteiger charge is -2.24. The molecule has 5 heteroatoms. The van der Waals surface area contributed by atoms with Crippen molar-refractivity contribution in [2.75, 3.05) is 5.32 Å². The second kappa shape index (κ2) is 7.66. The van der Waals surface area contributed by atoms with Crippen molar-refractivity contribution in [3.05, 3.63) is 65.9 Å². The first-order valence-corrected chi connectivity index (χ1v) is 11.8. The minimum Gasteiger partial charge on any atom is -0.324 e. The summed E-state index contributed by atoms with van der Waals surface area (Å²) in [6, 6.07) is 10.5. The monoisotopic (exact) mass is 439 g/mol. The number of pyridine rings is 2. The van der Waals surface area contributed by atoms with Gasteiger partial charge in [0, 0.05) is 11.6 Å². The third-order valence-electron chi connectivity index (χ3n) is 8.38. The van der Waals surface area contributed by atoms with Gasteiger partial charge in [0.15, 0.2) is 0 Å². The van der Waals surface area contributed by atoms with Crippen molar-refractivity contribution in [1.29, 1.82) is 0 Å². The fourth-order valence-electron chi connectivity index (χ4n) is 6.58. The summed E-state index contributed by atoms with van der Waals surface area (Å²) in [5.41, 5.74) is 3.14. The smallest absolute Gasteiger partial charge is 0.230 e. The average molecular weight is 440 g/mol. The van der Waals surface area contributed by atoms with E-state index in [1.165, 1.54) is 11.6 Å². The Balaban J connectivity index is 1.15. The standard InChI is InChI=1S/C28H26FN3O/c1-2-22-4-5-23(16-31-22)32-27(33)28(8-9-28)20-13-17-11-19(12-18(17)14-20)24-7-10-30-26-6-3-21(29)15-25(24)26/h1,3-7,10,15-20H,8-9,11-14H2,(H,32,33)/t17-,18?,19?,20+/m1/s1. The highest BCUT2D eigenvalue weighted by Crippen LogP contribution is 2.63. The summed E-state index contributed by atoms with van der Waals surface area (Å²) in [4.78, 5) is 21.8. The Bertz CT molecular complexity index is 1260. The van der Waals surface area contributed by atoms with Crippen LogP contribution in [0.5, 0.6) is 0 Å². The van der Waals surface area contributed by atoms with Gasteiger partial charge in [0.2, 0.25) is 5.91 Å². The van der Waals surface area contributed by atoms with Gasteiger partial charge < -0.3 is 5.32 Å². The number of rotatable bonds is 4. The van der Waals surface area contributed by atoms with E-state index in [1.807, 2.05) is 12.3 Å². The molecule has 0 saturated heterocycles. The van der Waals surface area contributed by atoms with E-state index in [1.54, 1.807) is 24.4 Å². The number of hydrogen-bond acceptors (Lipinski definition) is 3. The number of carbonyl (C=O) groups excluding carboxylic acids is 1. The van der Waals surface area contributed by atoms with E-state index in [4.69, 9.17) is 6.42 Å². The first-order valence-electron chi connectivity index (χ1n) is 11.8. The second-order valence-electron chi connectivity index (χ2n) is 10.1. The molecule has 166 valence electrons. The number of amides is 1. The Morgan fingerprint density at radius 2 is 1.85 bits per heavy atom. The topological polar surface area (TPSA) is 54.9 Å². The first-order chi connectivity index (χ1) is 16.1. The molecule has 33 heavy (non-hydrogen) atoms. The summed E-state index contributed by atoms with van der Waals surface area (Å²) in [6.45, 7) is 0. The third kappa shape index (κ3) is 3.49. The lowest BCUT2D eigenvalue weighted by Crippen LogP contribution is -2.30. The van der Waals surface area contributed by atoms with Gasteiger partial charge in [-0.05, 0) is 104 Å². The SMILES string of the molecule is C#Cc1ccc(NC(=O)C2([C@@H]3CC4CC(c5ccnc6ccc(F)cc56)C[C@@H]4C3)CC2)cn1. The highest BCUT2D eigenvalue weighted by Gasteiger charge is 2.59. The van der Waals surface area contributed by atoms with Crippen LogP contribution in [-0.4, -0.2) is 15.9 Å². The van der Waals surface area contributed by atoms with Crippen LogP contribution in [0.2, 0.25) is 0 Å². The lowest BCUT2D eigenvalue weighted by atomic mass is 9.82. The van der Waals surface area contributed by atoms with Crippen LogP contribution in [0.25, 0.3) is 10.9 Å². The lowest BCUT2D eigenvalue weighted by molar-refractivity contribution is -0.123. The Morgan fingerprint density at radius 3 is 2.52 bits per heavy atom. The molecular formula is C28H26FN3O. The molecule has 3 aliphatic carbocycles. The molecule has 6 rings (SSSR count). The van der Waals surface area contributed by atoms with E-state index >= 15 is 0 Å². The second-order valence-corrected chi connectivity index (χ2v) is 10.1. The zero-order valence-corrected chi connectivity index (χ0v) is 18.4. The van der Waals surface area contributed by atoms with Crippen LogP contribution < -0.4 is 5.32 Å². The summed E-state index contributed by atoms with van der Waals surface area (Å²) in [6.07, 6.45) is 15.2. The van der Waals surface area contributed by atoms with Gasteiger partial charge in [-0.1, -0.05) is 5.92 Å². The molecule has 3 fully saturated rings. The molecule has 3 aliphatic rings. The van der Waals surface area contributed by atoms with Crippen molar-refractivity contribution < 1.29 is 9.18 Å². The van der Waals surface area contributed by atoms with Gasteiger partial charge in [-0.25, -0.2) is 9.37 Å². The Labute approximate surface area is 193 Å². The maximum Gasteiger partial charge on any atom is 0.230 e. The largest absolute Gasteiger partial charge is 0.324 e. The maximum absolute atomic E-state index is 13.9. The number of anilines is 1. The minimum absolute atomic E-state index is 0.134. The van der Waals surface area contributed by atoms with Gasteiger partial charge in [-0.15, -0.1) is 6.42 Å². The van der Waals surface area contributed by atoms with Crippen LogP contribution in [0, 0.1) is 41.3 Å². The van der Waals surface area contributed by atoms with Crippen LogP contribution in [-0.2, 0) is 4.79 Å². The Morgan fingerprint density at radius 1 is 1.06 bits per heavy atom. The van der Waals surface area contributed by atoms with Gasteiger partial charge in [-0.2, -0.15) is 0 Å². The number of nitrogens with one attached hydrogen (secondary N) is 1. The van der Waals surface area contributed by atoms with Crippen LogP contribution in [0.3, 0.4) is 0 Å². The van der Waals surface area contributed by atoms with Crippen LogP contribution in [0.15, 0.2) is 48.8 Å². The number of aromatic nitrogens is 2. The van der Waals surface area contributed by atoms with Gasteiger partial charge >= 0.3 is 0 Å². The quantitative estimate of drug-likeness (QED) is 0.532. The number of hydrogen-bond donors (Lipinski definition) is 1. The number of carbonyl (C=O) groups is 1. The van der Waals surface area contributed by atoms with Crippen molar-refractivity contribution in [3.63, 3.8) is 0 Å². The van der Waals surface area contributed by atoms with Crippen molar-refractivity contribution in [3.8, 4) is 12.3 Å². The van der Waals surface area contributed by atoms with Crippen LogP contribution >= 0.6 is 0 Å². The molecular weight excluding hydrogens is 413 g/mol. The predicted molar refractivity (Wildman–Crippen MR) is 126 cm³/mol. The maximum atomic E-state index is 13.9. The zero-order chi connectivity index (χ0) is 22.6. The van der Waals surface area contributed by atoms with Crippen molar-refractivity contribution in [2.45, 2.75) is 44.4 Å². The summed E-state index contributed by atoms with van der Waals surface area (Å²) in [5, 5.41) is 4.03. The zero-order valence-electron chi connectivity index (χ0n) is 18.4. The van der Waals surface area contributed by atoms with E-state index in [-0.39, 0.29) is 17.1 Å². The van der Waals surface area contributed by atoms with Crippen LogP contribution in [0.4, 0.5) is 10.1 Å². The number of halogens is 1. The molecule has 1 N–H and O–H groups in total. The molecule has 2 heterocycles. The van der Waals surface area contributed by atoms with E-state index in [0.29, 0.717) is 35.1 Å². The molecule has 3 saturated carbocycles. The summed E-state index contributed by atoms with van der Waals surface area (Å²) < 4.78 is 13.9. The van der Waals surface area contributed by atoms with E-state index < -0.39 is 0 Å². The fourth-order valence-corrected chi connectivity index (χ4v) is 6.58. The van der Waals surface area contributed by atoms with E-state index in [2.05, 4.69) is 27.3 Å². The van der Waals surface area contributed by atoms with Gasteiger partial charge in [0.1, 0.15) is 11.5 Å². The minimum atomic E-state index is -0.225. The number of nitrogens with zero attached hydrogens (tertiary/aromatic N) is 2. The molecule has 3 aromatic rings. The average Bonchev–Trinajstić information content (AvgIpc) is 3.40. The van der Waals surface area contributed by atoms with E-state index in [0.717, 1.165) is 49.4 Å². The molecule has 2 unspecified atom stereocenters. The molecule has 4 nitrogen and oxygen atoms in total. The Kier molecular flexibility index (Phi) is 4.72. The predicted octanol–water partition coefficient (Wildman–Crippen LogP) is 5.69. The van der Waals surface area contributed by atoms with Gasteiger partial charge in [0.05, 0.1) is 22.8 Å². The summed E-state index contributed by atoms with van der Waals surface area (Å²) in [5.74, 6) is 4.59. The highest BCUT2D eigenvalue weighted by molar-refractivity contribution is 5.97. The molecule has 0 bridgehead atoms. The fraction of sp³-hybridized carbons (Fsp3) is 0.393. The number of fused-ring (bicyclic) bond motifs is 2. The molecule has 0 spiro atoms. The van der Waals surface area contributed by atoms with Gasteiger partial charge in [-0.3, -0.25) is 9.78 Å². The molecule has 1 amide bonds. The summed E-state index contributed by atoms with van der Waals surface area (Å²) >= 11 is 0. The molecule has 0 radical (unpaired) electrons. The number of benzene rings is 1. The van der Waals surface area contributed by atoms with E-state index in [9.17, 15) is 9.18 Å².